The zero-order valence-corrected chi connectivity index (χ0v) is 14.1. The standard InChI is InChI=1S/C15H27N3O2S/c1-4-8-17-12-15(10-14(17)11-16-5-2)21(19,20)18-9-6-7-13(18)3/h10,12-13,16H,4-9,11H2,1-3H3. The Bertz CT molecular complexity index is 565. The molecule has 21 heavy (non-hydrogen) atoms. The van der Waals surface area contributed by atoms with Gasteiger partial charge in [-0.1, -0.05) is 13.8 Å². The molecule has 120 valence electrons. The highest BCUT2D eigenvalue weighted by atomic mass is 32.2. The van der Waals surface area contributed by atoms with E-state index in [1.807, 2.05) is 13.0 Å². The lowest BCUT2D eigenvalue weighted by Crippen LogP contribution is -2.33. The second-order valence-electron chi connectivity index (χ2n) is 5.75. The van der Waals surface area contributed by atoms with Gasteiger partial charge in [0, 0.05) is 37.6 Å². The van der Waals surface area contributed by atoms with Crippen LogP contribution >= 0.6 is 0 Å². The normalized spacial score (nSPS) is 20.2. The average molecular weight is 313 g/mol. The van der Waals surface area contributed by atoms with Gasteiger partial charge in [0.05, 0.1) is 0 Å². The van der Waals surface area contributed by atoms with Crippen LogP contribution < -0.4 is 5.32 Å². The third kappa shape index (κ3) is 3.49. The summed E-state index contributed by atoms with van der Waals surface area (Å²) in [5.74, 6) is 0. The molecule has 2 heterocycles. The van der Waals surface area contributed by atoms with Crippen molar-refractivity contribution in [3.63, 3.8) is 0 Å². The van der Waals surface area contributed by atoms with Crippen LogP contribution in [0.25, 0.3) is 0 Å². The van der Waals surface area contributed by atoms with Crippen molar-refractivity contribution < 1.29 is 8.42 Å². The minimum Gasteiger partial charge on any atom is -0.349 e. The van der Waals surface area contributed by atoms with Gasteiger partial charge < -0.3 is 9.88 Å². The van der Waals surface area contributed by atoms with E-state index in [0.717, 1.165) is 38.0 Å². The number of nitrogens with zero attached hydrogens (tertiary/aromatic N) is 2. The van der Waals surface area contributed by atoms with Gasteiger partial charge in [0.25, 0.3) is 0 Å². The second kappa shape index (κ2) is 6.94. The van der Waals surface area contributed by atoms with E-state index < -0.39 is 10.0 Å². The Hall–Kier alpha value is -0.850. The highest BCUT2D eigenvalue weighted by Crippen LogP contribution is 2.27. The molecule has 0 spiro atoms. The summed E-state index contributed by atoms with van der Waals surface area (Å²) in [6.45, 7) is 9.23. The quantitative estimate of drug-likeness (QED) is 0.839. The van der Waals surface area contributed by atoms with Gasteiger partial charge >= 0.3 is 0 Å². The number of rotatable bonds is 7. The number of hydrogen-bond acceptors (Lipinski definition) is 3. The fourth-order valence-corrected chi connectivity index (χ4v) is 4.68. The van der Waals surface area contributed by atoms with Gasteiger partial charge in [-0.2, -0.15) is 4.31 Å². The van der Waals surface area contributed by atoms with E-state index >= 15 is 0 Å². The molecular formula is C15H27N3O2S. The van der Waals surface area contributed by atoms with Crippen molar-refractivity contribution in [3.05, 3.63) is 18.0 Å². The predicted molar refractivity (Wildman–Crippen MR) is 84.7 cm³/mol. The van der Waals surface area contributed by atoms with Crippen molar-refractivity contribution in [2.45, 2.75) is 64.1 Å². The maximum absolute atomic E-state index is 12.8. The van der Waals surface area contributed by atoms with Crippen LogP contribution in [0.15, 0.2) is 17.2 Å². The van der Waals surface area contributed by atoms with Gasteiger partial charge in [-0.25, -0.2) is 8.42 Å². The van der Waals surface area contributed by atoms with Gasteiger partial charge in [-0.05, 0) is 38.8 Å². The van der Waals surface area contributed by atoms with Gasteiger partial charge in [-0.15, -0.1) is 0 Å². The number of aromatic nitrogens is 1. The van der Waals surface area contributed by atoms with E-state index in [-0.39, 0.29) is 6.04 Å². The molecule has 1 atom stereocenters. The third-order valence-electron chi connectivity index (χ3n) is 4.08. The molecular weight excluding hydrogens is 286 g/mol. The molecule has 0 amide bonds. The molecule has 1 saturated heterocycles. The molecule has 1 unspecified atom stereocenters. The maximum Gasteiger partial charge on any atom is 0.244 e. The first kappa shape index (κ1) is 16.5. The monoisotopic (exact) mass is 313 g/mol. The molecule has 0 radical (unpaired) electrons. The van der Waals surface area contributed by atoms with Crippen LogP contribution in [0, 0.1) is 0 Å². The van der Waals surface area contributed by atoms with E-state index in [2.05, 4.69) is 23.7 Å². The molecule has 1 N–H and O–H groups in total. The summed E-state index contributed by atoms with van der Waals surface area (Å²) in [5, 5.41) is 3.28. The fourth-order valence-electron chi connectivity index (χ4n) is 2.92. The topological polar surface area (TPSA) is 54.3 Å². The number of hydrogen-bond donors (Lipinski definition) is 1. The van der Waals surface area contributed by atoms with Crippen LogP contribution in [0.1, 0.15) is 45.7 Å². The SMILES string of the molecule is CCCn1cc(S(=O)(=O)N2CCCC2C)cc1CNCC. The lowest BCUT2D eigenvalue weighted by Gasteiger charge is -2.19. The van der Waals surface area contributed by atoms with Gasteiger partial charge in [0.15, 0.2) is 0 Å². The van der Waals surface area contributed by atoms with Crippen molar-refractivity contribution >= 4 is 10.0 Å². The van der Waals surface area contributed by atoms with E-state index in [1.54, 1.807) is 10.5 Å². The minimum absolute atomic E-state index is 0.113. The Balaban J connectivity index is 2.30. The number of aryl methyl sites for hydroxylation is 1. The molecule has 6 heteroatoms. The Morgan fingerprint density at radius 1 is 1.38 bits per heavy atom. The van der Waals surface area contributed by atoms with E-state index in [4.69, 9.17) is 0 Å². The molecule has 1 aromatic heterocycles. The largest absolute Gasteiger partial charge is 0.349 e. The first-order valence-electron chi connectivity index (χ1n) is 7.92. The zero-order valence-electron chi connectivity index (χ0n) is 13.3. The average Bonchev–Trinajstić information content (AvgIpc) is 3.04. The Morgan fingerprint density at radius 2 is 2.14 bits per heavy atom. The summed E-state index contributed by atoms with van der Waals surface area (Å²) in [5.41, 5.74) is 1.05. The Morgan fingerprint density at radius 3 is 2.71 bits per heavy atom. The molecule has 1 aliphatic heterocycles. The molecule has 0 saturated carbocycles. The Kier molecular flexibility index (Phi) is 5.46. The summed E-state index contributed by atoms with van der Waals surface area (Å²) in [4.78, 5) is 0.442. The molecule has 1 aliphatic rings. The number of nitrogens with one attached hydrogen (secondary N) is 1. The molecule has 0 aromatic carbocycles. The van der Waals surface area contributed by atoms with Crippen LogP contribution in [0.3, 0.4) is 0 Å². The fraction of sp³-hybridized carbons (Fsp3) is 0.733. The van der Waals surface area contributed by atoms with E-state index in [1.165, 1.54) is 0 Å². The van der Waals surface area contributed by atoms with Crippen LogP contribution in [0.4, 0.5) is 0 Å². The van der Waals surface area contributed by atoms with Gasteiger partial charge in [0.2, 0.25) is 10.0 Å². The summed E-state index contributed by atoms with van der Waals surface area (Å²) >= 11 is 0. The molecule has 0 aliphatic carbocycles. The van der Waals surface area contributed by atoms with Gasteiger partial charge in [-0.3, -0.25) is 0 Å². The summed E-state index contributed by atoms with van der Waals surface area (Å²) in [6.07, 6.45) is 4.71. The highest BCUT2D eigenvalue weighted by molar-refractivity contribution is 7.89. The van der Waals surface area contributed by atoms with Crippen molar-refractivity contribution in [2.24, 2.45) is 0 Å². The first-order valence-corrected chi connectivity index (χ1v) is 9.36. The van der Waals surface area contributed by atoms with Crippen molar-refractivity contribution in [3.8, 4) is 0 Å². The maximum atomic E-state index is 12.8. The van der Waals surface area contributed by atoms with Crippen LogP contribution in [-0.4, -0.2) is 36.4 Å². The van der Waals surface area contributed by atoms with E-state index in [9.17, 15) is 8.42 Å². The summed E-state index contributed by atoms with van der Waals surface area (Å²) in [7, 11) is -3.35. The molecule has 1 fully saturated rings. The third-order valence-corrected chi connectivity index (χ3v) is 6.06. The zero-order chi connectivity index (χ0) is 15.5. The lowest BCUT2D eigenvalue weighted by molar-refractivity contribution is 0.408. The summed E-state index contributed by atoms with van der Waals surface area (Å²) < 4.78 is 29.3. The predicted octanol–water partition coefficient (Wildman–Crippen LogP) is 2.18. The van der Waals surface area contributed by atoms with Gasteiger partial charge in [0.1, 0.15) is 4.90 Å². The van der Waals surface area contributed by atoms with Crippen molar-refractivity contribution in [1.82, 2.24) is 14.2 Å². The number of sulfonamides is 1. The van der Waals surface area contributed by atoms with Crippen LogP contribution in [-0.2, 0) is 23.1 Å². The summed E-state index contributed by atoms with van der Waals surface area (Å²) in [6, 6.07) is 1.94. The first-order chi connectivity index (χ1) is 10.0. The smallest absolute Gasteiger partial charge is 0.244 e. The molecule has 2 rings (SSSR count). The van der Waals surface area contributed by atoms with Crippen molar-refractivity contribution in [2.75, 3.05) is 13.1 Å². The van der Waals surface area contributed by atoms with Crippen molar-refractivity contribution in [1.29, 1.82) is 0 Å². The molecule has 1 aromatic rings. The molecule has 0 bridgehead atoms. The lowest BCUT2D eigenvalue weighted by atomic mass is 10.3. The van der Waals surface area contributed by atoms with E-state index in [0.29, 0.717) is 18.0 Å². The highest BCUT2D eigenvalue weighted by Gasteiger charge is 2.33. The molecule has 5 nitrogen and oxygen atoms in total. The second-order valence-corrected chi connectivity index (χ2v) is 7.64. The van der Waals surface area contributed by atoms with Crippen LogP contribution in [0.2, 0.25) is 0 Å². The minimum atomic E-state index is -3.35. The Labute approximate surface area is 128 Å². The van der Waals surface area contributed by atoms with Crippen LogP contribution in [0.5, 0.6) is 0 Å².